The molecular formula is C21H15Cl2FN2O3. The topological polar surface area (TPSA) is 67.4 Å². The Labute approximate surface area is 176 Å². The molecule has 0 unspecified atom stereocenters. The monoisotopic (exact) mass is 432 g/mol. The molecule has 0 spiro atoms. The summed E-state index contributed by atoms with van der Waals surface area (Å²) in [6.07, 6.45) is 0. The first-order valence-corrected chi connectivity index (χ1v) is 9.21. The van der Waals surface area contributed by atoms with Crippen LogP contribution >= 0.6 is 23.2 Å². The van der Waals surface area contributed by atoms with Crippen LogP contribution in [0, 0.1) is 5.82 Å². The van der Waals surface area contributed by atoms with Crippen LogP contribution in [0.2, 0.25) is 10.0 Å². The summed E-state index contributed by atoms with van der Waals surface area (Å²) < 4.78 is 18.3. The van der Waals surface area contributed by atoms with Crippen LogP contribution in [-0.4, -0.2) is 18.4 Å². The normalized spacial score (nSPS) is 10.3. The Kier molecular flexibility index (Phi) is 6.69. The van der Waals surface area contributed by atoms with Crippen LogP contribution in [0.3, 0.4) is 0 Å². The second-order valence-corrected chi connectivity index (χ2v) is 6.77. The van der Waals surface area contributed by atoms with Crippen LogP contribution in [0.15, 0.2) is 66.7 Å². The van der Waals surface area contributed by atoms with E-state index >= 15 is 0 Å². The van der Waals surface area contributed by atoms with Crippen molar-refractivity contribution in [3.63, 3.8) is 0 Å². The maximum atomic E-state index is 12.9. The van der Waals surface area contributed by atoms with E-state index in [9.17, 15) is 14.0 Å². The van der Waals surface area contributed by atoms with Crippen LogP contribution in [0.1, 0.15) is 10.4 Å². The lowest BCUT2D eigenvalue weighted by Crippen LogP contribution is -2.20. The highest BCUT2D eigenvalue weighted by atomic mass is 35.5. The minimum atomic E-state index is -0.382. The number of amides is 2. The maximum Gasteiger partial charge on any atom is 0.262 e. The van der Waals surface area contributed by atoms with E-state index in [4.69, 9.17) is 27.9 Å². The molecule has 2 amide bonds. The fraction of sp³-hybridized carbons (Fsp3) is 0.0476. The minimum absolute atomic E-state index is 0.221. The smallest absolute Gasteiger partial charge is 0.262 e. The quantitative estimate of drug-likeness (QED) is 0.547. The van der Waals surface area contributed by atoms with Gasteiger partial charge in [0.25, 0.3) is 11.8 Å². The summed E-state index contributed by atoms with van der Waals surface area (Å²) in [5.41, 5.74) is 1.37. The molecule has 0 aliphatic carbocycles. The zero-order valence-electron chi connectivity index (χ0n) is 14.9. The zero-order valence-corrected chi connectivity index (χ0v) is 16.4. The largest absolute Gasteiger partial charge is 0.484 e. The van der Waals surface area contributed by atoms with Gasteiger partial charge in [-0.2, -0.15) is 0 Å². The number of anilines is 2. The summed E-state index contributed by atoms with van der Waals surface area (Å²) in [6, 6.07) is 16.5. The minimum Gasteiger partial charge on any atom is -0.484 e. The third-order valence-electron chi connectivity index (χ3n) is 3.79. The molecule has 0 bridgehead atoms. The molecule has 5 nitrogen and oxygen atoms in total. The van der Waals surface area contributed by atoms with Crippen molar-refractivity contribution in [1.29, 1.82) is 0 Å². The van der Waals surface area contributed by atoms with Gasteiger partial charge in [-0.25, -0.2) is 4.39 Å². The number of hydrogen-bond donors (Lipinski definition) is 2. The van der Waals surface area contributed by atoms with Crippen LogP contribution in [-0.2, 0) is 4.79 Å². The summed E-state index contributed by atoms with van der Waals surface area (Å²) in [6.45, 7) is -0.221. The SMILES string of the molecule is O=C(COc1ccc(C(=O)Nc2ccc(F)cc2)cc1)Nc1ccc(Cl)c(Cl)c1. The van der Waals surface area contributed by atoms with Gasteiger partial charge in [-0.05, 0) is 66.7 Å². The number of hydrogen-bond acceptors (Lipinski definition) is 3. The van der Waals surface area contributed by atoms with Gasteiger partial charge in [-0.1, -0.05) is 23.2 Å². The Bertz CT molecular complexity index is 1030. The molecule has 8 heteroatoms. The average Bonchev–Trinajstić information content (AvgIpc) is 2.71. The standard InChI is InChI=1S/C21H15Cl2FN2O3/c22-18-10-7-16(11-19(18)23)25-20(27)12-29-17-8-1-13(2-9-17)21(28)26-15-5-3-14(24)4-6-15/h1-11H,12H2,(H,25,27)(H,26,28). The van der Waals surface area contributed by atoms with Crippen LogP contribution < -0.4 is 15.4 Å². The van der Waals surface area contributed by atoms with Crippen molar-refractivity contribution in [1.82, 2.24) is 0 Å². The van der Waals surface area contributed by atoms with Crippen molar-refractivity contribution in [3.8, 4) is 5.75 Å². The molecule has 148 valence electrons. The summed E-state index contributed by atoms with van der Waals surface area (Å²) in [7, 11) is 0. The highest BCUT2D eigenvalue weighted by molar-refractivity contribution is 6.42. The lowest BCUT2D eigenvalue weighted by molar-refractivity contribution is -0.118. The average molecular weight is 433 g/mol. The van der Waals surface area contributed by atoms with Crippen molar-refractivity contribution in [2.24, 2.45) is 0 Å². The van der Waals surface area contributed by atoms with Crippen molar-refractivity contribution in [2.45, 2.75) is 0 Å². The first-order valence-electron chi connectivity index (χ1n) is 8.45. The first-order chi connectivity index (χ1) is 13.9. The number of rotatable bonds is 6. The van der Waals surface area contributed by atoms with Gasteiger partial charge in [0.2, 0.25) is 0 Å². The van der Waals surface area contributed by atoms with Crippen molar-refractivity contribution in [2.75, 3.05) is 17.2 Å². The maximum absolute atomic E-state index is 12.9. The van der Waals surface area contributed by atoms with Gasteiger partial charge in [0, 0.05) is 16.9 Å². The van der Waals surface area contributed by atoms with Gasteiger partial charge >= 0.3 is 0 Å². The summed E-state index contributed by atoms with van der Waals surface area (Å²) in [4.78, 5) is 24.2. The van der Waals surface area contributed by atoms with Crippen LogP contribution in [0.5, 0.6) is 5.75 Å². The third kappa shape index (κ3) is 5.94. The van der Waals surface area contributed by atoms with Crippen molar-refractivity contribution >= 4 is 46.4 Å². The molecule has 3 aromatic carbocycles. The highest BCUT2D eigenvalue weighted by Gasteiger charge is 2.08. The molecular weight excluding hydrogens is 418 g/mol. The van der Waals surface area contributed by atoms with E-state index in [-0.39, 0.29) is 24.2 Å². The molecule has 0 aliphatic rings. The second-order valence-electron chi connectivity index (χ2n) is 5.95. The van der Waals surface area contributed by atoms with Crippen LogP contribution in [0.25, 0.3) is 0 Å². The van der Waals surface area contributed by atoms with E-state index < -0.39 is 0 Å². The zero-order chi connectivity index (χ0) is 20.8. The second kappa shape index (κ2) is 9.41. The van der Waals surface area contributed by atoms with E-state index in [1.165, 1.54) is 30.3 Å². The molecule has 0 aromatic heterocycles. The van der Waals surface area contributed by atoms with Gasteiger partial charge in [0.05, 0.1) is 10.0 Å². The first kappa shape index (κ1) is 20.6. The summed E-state index contributed by atoms with van der Waals surface area (Å²) >= 11 is 11.7. The van der Waals surface area contributed by atoms with Gasteiger partial charge < -0.3 is 15.4 Å². The molecule has 29 heavy (non-hydrogen) atoms. The van der Waals surface area contributed by atoms with Gasteiger partial charge in [0.15, 0.2) is 6.61 Å². The van der Waals surface area contributed by atoms with E-state index in [1.807, 2.05) is 0 Å². The van der Waals surface area contributed by atoms with Crippen LogP contribution in [0.4, 0.5) is 15.8 Å². The van der Waals surface area contributed by atoms with Crippen molar-refractivity contribution in [3.05, 3.63) is 88.2 Å². The summed E-state index contributed by atoms with van der Waals surface area (Å²) in [5, 5.41) is 6.03. The highest BCUT2D eigenvalue weighted by Crippen LogP contribution is 2.25. The summed E-state index contributed by atoms with van der Waals surface area (Å²) in [5.74, 6) is -0.678. The molecule has 0 saturated carbocycles. The van der Waals surface area contributed by atoms with E-state index in [1.54, 1.807) is 36.4 Å². The van der Waals surface area contributed by atoms with Crippen molar-refractivity contribution < 1.29 is 18.7 Å². The Morgan fingerprint density at radius 3 is 2.14 bits per heavy atom. The van der Waals surface area contributed by atoms with E-state index in [0.717, 1.165) is 0 Å². The molecule has 0 fully saturated rings. The molecule has 0 saturated heterocycles. The Balaban J connectivity index is 1.51. The number of carbonyl (C=O) groups is 2. The number of nitrogens with one attached hydrogen (secondary N) is 2. The number of halogens is 3. The van der Waals surface area contributed by atoms with E-state index in [0.29, 0.717) is 32.7 Å². The third-order valence-corrected chi connectivity index (χ3v) is 4.53. The predicted molar refractivity (Wildman–Crippen MR) is 111 cm³/mol. The molecule has 0 radical (unpaired) electrons. The lowest BCUT2D eigenvalue weighted by atomic mass is 10.2. The number of carbonyl (C=O) groups excluding carboxylic acids is 2. The van der Waals surface area contributed by atoms with Gasteiger partial charge in [-0.15, -0.1) is 0 Å². The Morgan fingerprint density at radius 1 is 0.828 bits per heavy atom. The predicted octanol–water partition coefficient (Wildman–Crippen LogP) is 5.40. The van der Waals surface area contributed by atoms with Gasteiger partial charge in [-0.3, -0.25) is 9.59 Å². The molecule has 0 heterocycles. The molecule has 3 rings (SSSR count). The molecule has 0 atom stereocenters. The fourth-order valence-corrected chi connectivity index (χ4v) is 2.66. The molecule has 0 aliphatic heterocycles. The van der Waals surface area contributed by atoms with Gasteiger partial charge in [0.1, 0.15) is 11.6 Å². The van der Waals surface area contributed by atoms with E-state index in [2.05, 4.69) is 10.6 Å². The number of ether oxygens (including phenoxy) is 1. The molecule has 3 aromatic rings. The number of benzene rings is 3. The Morgan fingerprint density at radius 2 is 1.48 bits per heavy atom. The Hall–Kier alpha value is -3.09. The lowest BCUT2D eigenvalue weighted by Gasteiger charge is -2.09. The molecule has 2 N–H and O–H groups in total. The fourth-order valence-electron chi connectivity index (χ4n) is 2.36.